The van der Waals surface area contributed by atoms with Crippen LogP contribution in [0, 0.1) is 5.82 Å². The molecule has 102 valence electrons. The number of halogens is 1. The Morgan fingerprint density at radius 3 is 2.53 bits per heavy atom. The predicted molar refractivity (Wildman–Crippen MR) is 68.6 cm³/mol. The molecule has 0 aliphatic rings. The second-order valence-electron chi connectivity index (χ2n) is 4.03. The van der Waals surface area contributed by atoms with Crippen LogP contribution in [0.15, 0.2) is 52.0 Å². The standard InChI is InChI=1S/C13H14FNO3S/c14-11-5-7-13(8-6-11)19(16,17)15-9-1-3-12-4-2-10-18-12/h2,4-8,10,15H,1,3,9H2. The fraction of sp³-hybridized carbons (Fsp3) is 0.231. The van der Waals surface area contributed by atoms with Gasteiger partial charge in [-0.05, 0) is 42.8 Å². The molecule has 2 rings (SSSR count). The fourth-order valence-electron chi connectivity index (χ4n) is 1.62. The van der Waals surface area contributed by atoms with E-state index in [4.69, 9.17) is 4.42 Å². The van der Waals surface area contributed by atoms with Gasteiger partial charge in [-0.3, -0.25) is 0 Å². The molecule has 0 saturated heterocycles. The molecule has 2 aromatic rings. The summed E-state index contributed by atoms with van der Waals surface area (Å²) in [6, 6.07) is 8.36. The highest BCUT2D eigenvalue weighted by Crippen LogP contribution is 2.10. The van der Waals surface area contributed by atoms with Crippen molar-refractivity contribution in [3.8, 4) is 0 Å². The quantitative estimate of drug-likeness (QED) is 0.828. The average molecular weight is 283 g/mol. The molecule has 4 nitrogen and oxygen atoms in total. The summed E-state index contributed by atoms with van der Waals surface area (Å²) in [4.78, 5) is 0.0619. The molecule has 1 aromatic carbocycles. The highest BCUT2D eigenvalue weighted by molar-refractivity contribution is 7.89. The van der Waals surface area contributed by atoms with Crippen LogP contribution in [0.25, 0.3) is 0 Å². The summed E-state index contributed by atoms with van der Waals surface area (Å²) in [5, 5.41) is 0. The third-order valence-electron chi connectivity index (χ3n) is 2.60. The predicted octanol–water partition coefficient (Wildman–Crippen LogP) is 2.33. The molecule has 1 N–H and O–H groups in total. The van der Waals surface area contributed by atoms with Crippen molar-refractivity contribution in [3.05, 3.63) is 54.2 Å². The van der Waals surface area contributed by atoms with E-state index in [0.717, 1.165) is 17.9 Å². The topological polar surface area (TPSA) is 59.3 Å². The van der Waals surface area contributed by atoms with Crippen molar-refractivity contribution in [2.45, 2.75) is 17.7 Å². The Bertz CT molecular complexity index is 606. The lowest BCUT2D eigenvalue weighted by Crippen LogP contribution is -2.25. The van der Waals surface area contributed by atoms with Crippen LogP contribution in [0.3, 0.4) is 0 Å². The van der Waals surface area contributed by atoms with Crippen LogP contribution in [0.5, 0.6) is 0 Å². The first-order valence-electron chi connectivity index (χ1n) is 5.85. The molecule has 0 unspecified atom stereocenters. The van der Waals surface area contributed by atoms with Crippen molar-refractivity contribution in [3.63, 3.8) is 0 Å². The highest BCUT2D eigenvalue weighted by atomic mass is 32.2. The third kappa shape index (κ3) is 3.90. The molecule has 0 atom stereocenters. The van der Waals surface area contributed by atoms with Gasteiger partial charge in [-0.1, -0.05) is 0 Å². The number of sulfonamides is 1. The lowest BCUT2D eigenvalue weighted by atomic mass is 10.2. The van der Waals surface area contributed by atoms with Crippen molar-refractivity contribution in [1.82, 2.24) is 4.72 Å². The number of hydrogen-bond donors (Lipinski definition) is 1. The SMILES string of the molecule is O=S(=O)(NCCCc1ccco1)c1ccc(F)cc1. The molecule has 0 amide bonds. The van der Waals surface area contributed by atoms with E-state index in [-0.39, 0.29) is 4.90 Å². The molecule has 6 heteroatoms. The van der Waals surface area contributed by atoms with Gasteiger partial charge in [0.2, 0.25) is 10.0 Å². The third-order valence-corrected chi connectivity index (χ3v) is 4.07. The van der Waals surface area contributed by atoms with Crippen LogP contribution in [0.4, 0.5) is 4.39 Å². The molecule has 0 bridgehead atoms. The maximum absolute atomic E-state index is 12.7. The summed E-state index contributed by atoms with van der Waals surface area (Å²) >= 11 is 0. The normalized spacial score (nSPS) is 11.6. The van der Waals surface area contributed by atoms with Crippen molar-refractivity contribution in [1.29, 1.82) is 0 Å². The maximum atomic E-state index is 12.7. The smallest absolute Gasteiger partial charge is 0.240 e. The Morgan fingerprint density at radius 1 is 1.16 bits per heavy atom. The largest absolute Gasteiger partial charge is 0.469 e. The van der Waals surface area contributed by atoms with Gasteiger partial charge in [-0.15, -0.1) is 0 Å². The maximum Gasteiger partial charge on any atom is 0.240 e. The van der Waals surface area contributed by atoms with Crippen LogP contribution >= 0.6 is 0 Å². The number of aryl methyl sites for hydroxylation is 1. The molecular weight excluding hydrogens is 269 g/mol. The second-order valence-corrected chi connectivity index (χ2v) is 5.80. The molecule has 0 spiro atoms. The number of hydrogen-bond acceptors (Lipinski definition) is 3. The molecule has 0 aliphatic carbocycles. The molecule has 0 aliphatic heterocycles. The Morgan fingerprint density at radius 2 is 1.89 bits per heavy atom. The van der Waals surface area contributed by atoms with Gasteiger partial charge in [0.25, 0.3) is 0 Å². The van der Waals surface area contributed by atoms with Crippen molar-refractivity contribution >= 4 is 10.0 Å². The molecule has 0 fully saturated rings. The highest BCUT2D eigenvalue weighted by Gasteiger charge is 2.12. The zero-order valence-corrected chi connectivity index (χ0v) is 11.0. The van der Waals surface area contributed by atoms with Gasteiger partial charge in [-0.25, -0.2) is 17.5 Å². The van der Waals surface area contributed by atoms with Crippen LogP contribution in [0.1, 0.15) is 12.2 Å². The first-order chi connectivity index (χ1) is 9.08. The van der Waals surface area contributed by atoms with E-state index in [1.54, 1.807) is 12.3 Å². The molecule has 1 aromatic heterocycles. The molecule has 19 heavy (non-hydrogen) atoms. The summed E-state index contributed by atoms with van der Waals surface area (Å²) in [6.45, 7) is 0.306. The monoisotopic (exact) mass is 283 g/mol. The zero-order valence-electron chi connectivity index (χ0n) is 10.2. The van der Waals surface area contributed by atoms with E-state index >= 15 is 0 Å². The molecule has 0 radical (unpaired) electrons. The van der Waals surface area contributed by atoms with Gasteiger partial charge < -0.3 is 4.42 Å². The summed E-state index contributed by atoms with van der Waals surface area (Å²) in [6.07, 6.45) is 2.88. The van der Waals surface area contributed by atoms with Crippen LogP contribution in [-0.2, 0) is 16.4 Å². The molecular formula is C13H14FNO3S. The Hall–Kier alpha value is -1.66. The molecule has 0 saturated carbocycles. The van der Waals surface area contributed by atoms with Crippen molar-refractivity contribution in [2.75, 3.05) is 6.54 Å². The van der Waals surface area contributed by atoms with E-state index in [0.29, 0.717) is 19.4 Å². The van der Waals surface area contributed by atoms with Crippen molar-refractivity contribution < 1.29 is 17.2 Å². The second kappa shape index (κ2) is 5.99. The Kier molecular flexibility index (Phi) is 4.34. The van der Waals surface area contributed by atoms with Gasteiger partial charge in [0.05, 0.1) is 11.2 Å². The van der Waals surface area contributed by atoms with Crippen LogP contribution in [-0.4, -0.2) is 15.0 Å². The number of rotatable bonds is 6. The fourth-order valence-corrected chi connectivity index (χ4v) is 2.70. The van der Waals surface area contributed by atoms with E-state index < -0.39 is 15.8 Å². The van der Waals surface area contributed by atoms with Crippen molar-refractivity contribution in [2.24, 2.45) is 0 Å². The summed E-state index contributed by atoms with van der Waals surface area (Å²) in [5.74, 6) is 0.359. The molecule has 1 heterocycles. The number of furan rings is 1. The first kappa shape index (κ1) is 13.8. The van der Waals surface area contributed by atoms with Gasteiger partial charge in [0.1, 0.15) is 11.6 Å². The van der Waals surface area contributed by atoms with E-state index in [2.05, 4.69) is 4.72 Å². The van der Waals surface area contributed by atoms with Gasteiger partial charge in [0.15, 0.2) is 0 Å². The summed E-state index contributed by atoms with van der Waals surface area (Å²) < 4.78 is 44.0. The van der Waals surface area contributed by atoms with Gasteiger partial charge in [-0.2, -0.15) is 0 Å². The average Bonchev–Trinajstić information content (AvgIpc) is 2.88. The minimum atomic E-state index is -3.57. The first-order valence-corrected chi connectivity index (χ1v) is 7.34. The minimum absolute atomic E-state index is 0.0619. The van der Waals surface area contributed by atoms with Crippen LogP contribution in [0.2, 0.25) is 0 Å². The van der Waals surface area contributed by atoms with E-state index in [9.17, 15) is 12.8 Å². The van der Waals surface area contributed by atoms with Crippen LogP contribution < -0.4 is 4.72 Å². The number of nitrogens with one attached hydrogen (secondary N) is 1. The minimum Gasteiger partial charge on any atom is -0.469 e. The Balaban J connectivity index is 1.86. The van der Waals surface area contributed by atoms with E-state index in [1.165, 1.54) is 12.1 Å². The van der Waals surface area contributed by atoms with E-state index in [1.807, 2.05) is 6.07 Å². The Labute approximate surface area is 111 Å². The summed E-state index contributed by atoms with van der Waals surface area (Å²) in [5.41, 5.74) is 0. The number of benzene rings is 1. The van der Waals surface area contributed by atoms with Gasteiger partial charge >= 0.3 is 0 Å². The zero-order chi connectivity index (χ0) is 13.7. The van der Waals surface area contributed by atoms with Gasteiger partial charge in [0, 0.05) is 13.0 Å². The summed E-state index contributed by atoms with van der Waals surface area (Å²) in [7, 11) is -3.57. The lowest BCUT2D eigenvalue weighted by molar-refractivity contribution is 0.500. The lowest BCUT2D eigenvalue weighted by Gasteiger charge is -2.06.